The highest BCUT2D eigenvalue weighted by Gasteiger charge is 2.34. The van der Waals surface area contributed by atoms with Gasteiger partial charge in [-0.1, -0.05) is 12.1 Å². The molecule has 140 valence electrons. The van der Waals surface area contributed by atoms with Crippen LogP contribution in [0.4, 0.5) is 23.7 Å². The Hall–Kier alpha value is -2.55. The maximum atomic E-state index is 12.8. The maximum absolute atomic E-state index is 12.8. The average Bonchev–Trinajstić information content (AvgIpc) is 3.22. The fourth-order valence-electron chi connectivity index (χ4n) is 3.01. The number of anilines is 1. The largest absolute Gasteiger partial charge is 0.435 e. The molecule has 1 atom stereocenters. The van der Waals surface area contributed by atoms with Gasteiger partial charge < -0.3 is 16.0 Å². The summed E-state index contributed by atoms with van der Waals surface area (Å²) in [6.07, 6.45) is -3.59. The third-order valence-corrected chi connectivity index (χ3v) is 4.51. The van der Waals surface area contributed by atoms with E-state index in [2.05, 4.69) is 10.4 Å². The normalized spacial score (nSPS) is 17.6. The summed E-state index contributed by atoms with van der Waals surface area (Å²) < 4.78 is 39.5. The molecule has 1 aromatic carbocycles. The summed E-state index contributed by atoms with van der Waals surface area (Å²) >= 11 is 0. The number of nitrogens with two attached hydrogens (primary N) is 1. The summed E-state index contributed by atoms with van der Waals surface area (Å²) in [6.45, 7) is 1.86. The van der Waals surface area contributed by atoms with Crippen LogP contribution in [0.3, 0.4) is 0 Å². The minimum absolute atomic E-state index is 0.200. The van der Waals surface area contributed by atoms with Crippen LogP contribution in [0.2, 0.25) is 0 Å². The predicted molar refractivity (Wildman–Crippen MR) is 91.4 cm³/mol. The summed E-state index contributed by atoms with van der Waals surface area (Å²) in [5.41, 5.74) is 6.20. The van der Waals surface area contributed by atoms with E-state index in [0.717, 1.165) is 12.5 Å². The third kappa shape index (κ3) is 3.82. The molecule has 0 unspecified atom stereocenters. The molecule has 2 heterocycles. The second-order valence-corrected chi connectivity index (χ2v) is 6.38. The monoisotopic (exact) mass is 367 g/mol. The van der Waals surface area contributed by atoms with E-state index in [-0.39, 0.29) is 6.03 Å². The number of alkyl halides is 3. The number of nitrogens with zero attached hydrogens (tertiary/aromatic N) is 3. The lowest BCUT2D eigenvalue weighted by atomic mass is 10.1. The van der Waals surface area contributed by atoms with Crippen LogP contribution in [-0.2, 0) is 13.2 Å². The number of aryl methyl sites for hydroxylation is 1. The Morgan fingerprint density at radius 3 is 2.58 bits per heavy atom. The van der Waals surface area contributed by atoms with Crippen LogP contribution in [-0.4, -0.2) is 40.3 Å². The van der Waals surface area contributed by atoms with Gasteiger partial charge in [-0.2, -0.15) is 18.3 Å². The first-order valence-electron chi connectivity index (χ1n) is 8.25. The molecule has 1 aliphatic heterocycles. The van der Waals surface area contributed by atoms with Gasteiger partial charge in [0.2, 0.25) is 0 Å². The quantitative estimate of drug-likeness (QED) is 0.876. The minimum Gasteiger partial charge on any atom is -0.330 e. The molecule has 26 heavy (non-hydrogen) atoms. The van der Waals surface area contributed by atoms with Crippen LogP contribution in [0.1, 0.15) is 12.1 Å². The van der Waals surface area contributed by atoms with Crippen LogP contribution in [0.25, 0.3) is 11.3 Å². The Morgan fingerprint density at radius 2 is 2.04 bits per heavy atom. The number of nitrogens with one attached hydrogen (secondary N) is 1. The van der Waals surface area contributed by atoms with Crippen LogP contribution in [0, 0.1) is 5.92 Å². The molecule has 0 spiro atoms. The van der Waals surface area contributed by atoms with Crippen molar-refractivity contribution in [1.29, 1.82) is 0 Å². The lowest BCUT2D eigenvalue weighted by Crippen LogP contribution is -2.33. The molecule has 0 radical (unpaired) electrons. The van der Waals surface area contributed by atoms with Crippen molar-refractivity contribution in [2.24, 2.45) is 18.7 Å². The number of amides is 2. The maximum Gasteiger partial charge on any atom is 0.435 e. The summed E-state index contributed by atoms with van der Waals surface area (Å²) in [5.74, 6) is 0.329. The number of hydrogen-bond acceptors (Lipinski definition) is 3. The van der Waals surface area contributed by atoms with Gasteiger partial charge in [-0.25, -0.2) is 4.79 Å². The Morgan fingerprint density at radius 1 is 1.35 bits per heavy atom. The van der Waals surface area contributed by atoms with Crippen molar-refractivity contribution in [2.45, 2.75) is 12.6 Å². The SMILES string of the molecule is Cn1nc(C(F)(F)F)cc1-c1ccc(NC(=O)N2CC[C@H](CN)C2)cc1. The molecular weight excluding hydrogens is 347 g/mol. The number of hydrogen-bond donors (Lipinski definition) is 2. The zero-order chi connectivity index (χ0) is 18.9. The average molecular weight is 367 g/mol. The van der Waals surface area contributed by atoms with Crippen molar-refractivity contribution in [3.63, 3.8) is 0 Å². The fourth-order valence-corrected chi connectivity index (χ4v) is 3.01. The van der Waals surface area contributed by atoms with Crippen molar-refractivity contribution < 1.29 is 18.0 Å². The van der Waals surface area contributed by atoms with E-state index < -0.39 is 11.9 Å². The molecule has 0 saturated carbocycles. The van der Waals surface area contributed by atoms with Gasteiger partial charge in [0.15, 0.2) is 5.69 Å². The predicted octanol–water partition coefficient (Wildman–Crippen LogP) is 2.92. The van der Waals surface area contributed by atoms with Crippen LogP contribution in [0.15, 0.2) is 30.3 Å². The van der Waals surface area contributed by atoms with Crippen molar-refractivity contribution in [3.05, 3.63) is 36.0 Å². The second-order valence-electron chi connectivity index (χ2n) is 6.38. The third-order valence-electron chi connectivity index (χ3n) is 4.51. The van der Waals surface area contributed by atoms with E-state index in [1.165, 1.54) is 11.7 Å². The molecule has 3 rings (SSSR count). The smallest absolute Gasteiger partial charge is 0.330 e. The van der Waals surface area contributed by atoms with Crippen LogP contribution in [0.5, 0.6) is 0 Å². The highest BCUT2D eigenvalue weighted by Crippen LogP contribution is 2.31. The molecule has 1 aromatic heterocycles. The Labute approximate surface area is 148 Å². The highest BCUT2D eigenvalue weighted by molar-refractivity contribution is 5.89. The van der Waals surface area contributed by atoms with Gasteiger partial charge in [0, 0.05) is 25.8 Å². The van der Waals surface area contributed by atoms with Gasteiger partial charge in [0.25, 0.3) is 0 Å². The molecule has 1 fully saturated rings. The Kier molecular flexibility index (Phi) is 4.90. The zero-order valence-electron chi connectivity index (χ0n) is 14.3. The minimum atomic E-state index is -4.49. The van der Waals surface area contributed by atoms with Crippen LogP contribution < -0.4 is 11.1 Å². The number of aromatic nitrogens is 2. The van der Waals surface area contributed by atoms with Crippen LogP contribution >= 0.6 is 0 Å². The number of carbonyl (C=O) groups excluding carboxylic acids is 1. The Bertz CT molecular complexity index is 785. The van der Waals surface area contributed by atoms with Gasteiger partial charge >= 0.3 is 12.2 Å². The lowest BCUT2D eigenvalue weighted by molar-refractivity contribution is -0.141. The zero-order valence-corrected chi connectivity index (χ0v) is 14.3. The summed E-state index contributed by atoms with van der Waals surface area (Å²) in [6, 6.07) is 7.42. The molecule has 2 amide bonds. The number of urea groups is 1. The molecule has 2 aromatic rings. The number of rotatable bonds is 3. The van der Waals surface area contributed by atoms with E-state index in [1.807, 2.05) is 0 Å². The van der Waals surface area contributed by atoms with E-state index in [1.54, 1.807) is 29.2 Å². The fraction of sp³-hybridized carbons (Fsp3) is 0.412. The molecule has 0 bridgehead atoms. The molecule has 3 N–H and O–H groups in total. The lowest BCUT2D eigenvalue weighted by Gasteiger charge is -2.17. The number of carbonyl (C=O) groups is 1. The van der Waals surface area contributed by atoms with Gasteiger partial charge in [0.1, 0.15) is 0 Å². The van der Waals surface area contributed by atoms with Gasteiger partial charge in [-0.15, -0.1) is 0 Å². The number of likely N-dealkylation sites (tertiary alicyclic amines) is 1. The Balaban J connectivity index is 1.69. The molecule has 9 heteroatoms. The first-order valence-corrected chi connectivity index (χ1v) is 8.25. The molecule has 1 saturated heterocycles. The molecule has 0 aliphatic carbocycles. The highest BCUT2D eigenvalue weighted by atomic mass is 19.4. The first kappa shape index (κ1) is 18.2. The number of halogens is 3. The second kappa shape index (κ2) is 6.99. The summed E-state index contributed by atoms with van der Waals surface area (Å²) in [4.78, 5) is 13.9. The first-order chi connectivity index (χ1) is 12.3. The van der Waals surface area contributed by atoms with Gasteiger partial charge in [0.05, 0.1) is 5.69 Å². The summed E-state index contributed by atoms with van der Waals surface area (Å²) in [5, 5.41) is 6.30. The van der Waals surface area contributed by atoms with E-state index in [0.29, 0.717) is 42.5 Å². The molecular formula is C17H20F3N5O. The van der Waals surface area contributed by atoms with E-state index >= 15 is 0 Å². The standard InChI is InChI=1S/C17H20F3N5O/c1-24-14(8-15(23-24)17(18,19)20)12-2-4-13(5-3-12)22-16(26)25-7-6-11(9-21)10-25/h2-5,8,11H,6-7,9-10,21H2,1H3,(H,22,26)/t11-/m1/s1. The van der Waals surface area contributed by atoms with E-state index in [9.17, 15) is 18.0 Å². The number of benzene rings is 1. The van der Waals surface area contributed by atoms with Crippen molar-refractivity contribution in [2.75, 3.05) is 25.0 Å². The van der Waals surface area contributed by atoms with Crippen molar-refractivity contribution in [3.8, 4) is 11.3 Å². The van der Waals surface area contributed by atoms with Gasteiger partial charge in [-0.05, 0) is 42.6 Å². The molecule has 6 nitrogen and oxygen atoms in total. The molecule has 1 aliphatic rings. The topological polar surface area (TPSA) is 76.2 Å². The van der Waals surface area contributed by atoms with Crippen molar-refractivity contribution >= 4 is 11.7 Å². The van der Waals surface area contributed by atoms with Gasteiger partial charge in [-0.3, -0.25) is 4.68 Å². The van der Waals surface area contributed by atoms with E-state index in [4.69, 9.17) is 5.73 Å². The van der Waals surface area contributed by atoms with Crippen molar-refractivity contribution in [1.82, 2.24) is 14.7 Å². The summed E-state index contributed by atoms with van der Waals surface area (Å²) in [7, 11) is 1.46.